The first-order valence-corrected chi connectivity index (χ1v) is 7.60. The number of nitrogens with one attached hydrogen (secondary N) is 2. The predicted octanol–water partition coefficient (Wildman–Crippen LogP) is 2.86. The average Bonchev–Trinajstić information content (AvgIpc) is 2.59. The molecule has 2 rings (SSSR count). The van der Waals surface area contributed by atoms with Crippen molar-refractivity contribution in [1.29, 1.82) is 0 Å². The van der Waals surface area contributed by atoms with Gasteiger partial charge in [0.2, 0.25) is 5.91 Å². The average molecular weight is 311 g/mol. The highest BCUT2D eigenvalue weighted by atomic mass is 16.2. The number of para-hydroxylation sites is 1. The fraction of sp³-hybridized carbons (Fsp3) is 0.222. The molecule has 0 saturated heterocycles. The lowest BCUT2D eigenvalue weighted by molar-refractivity contribution is -0.130. The number of carbonyl (C=O) groups is 2. The molecule has 2 aromatic carbocycles. The van der Waals surface area contributed by atoms with Crippen LogP contribution in [0.15, 0.2) is 60.7 Å². The topological polar surface area (TPSA) is 61.4 Å². The van der Waals surface area contributed by atoms with Crippen LogP contribution in [0.4, 0.5) is 10.5 Å². The maximum Gasteiger partial charge on any atom is 0.319 e. The maximum atomic E-state index is 12.2. The molecule has 5 heteroatoms. The Kier molecular flexibility index (Phi) is 6.17. The quantitative estimate of drug-likeness (QED) is 0.861. The molecule has 2 N–H and O–H groups in total. The van der Waals surface area contributed by atoms with Crippen molar-refractivity contribution >= 4 is 17.6 Å². The zero-order valence-corrected chi connectivity index (χ0v) is 13.2. The fourth-order valence-corrected chi connectivity index (χ4v) is 2.14. The molecule has 0 spiro atoms. The Morgan fingerprint density at radius 3 is 2.17 bits per heavy atom. The number of anilines is 1. The molecule has 120 valence electrons. The Balaban J connectivity index is 1.81. The third-order valence-corrected chi connectivity index (χ3v) is 3.38. The highest BCUT2D eigenvalue weighted by Gasteiger charge is 2.13. The van der Waals surface area contributed by atoms with E-state index < -0.39 is 0 Å². The van der Waals surface area contributed by atoms with Gasteiger partial charge >= 0.3 is 6.03 Å². The van der Waals surface area contributed by atoms with Gasteiger partial charge in [0.05, 0.1) is 6.54 Å². The van der Waals surface area contributed by atoms with Crippen molar-refractivity contribution < 1.29 is 9.59 Å². The van der Waals surface area contributed by atoms with E-state index in [1.54, 1.807) is 17.0 Å². The van der Waals surface area contributed by atoms with Crippen LogP contribution in [0.3, 0.4) is 0 Å². The molecule has 0 atom stereocenters. The van der Waals surface area contributed by atoms with Gasteiger partial charge in [-0.3, -0.25) is 4.79 Å². The van der Waals surface area contributed by atoms with E-state index in [9.17, 15) is 9.59 Å². The second-order valence-electron chi connectivity index (χ2n) is 5.07. The second-order valence-corrected chi connectivity index (χ2v) is 5.07. The minimum atomic E-state index is -0.389. The van der Waals surface area contributed by atoms with E-state index in [0.29, 0.717) is 18.8 Å². The summed E-state index contributed by atoms with van der Waals surface area (Å²) in [4.78, 5) is 25.7. The number of hydrogen-bond donors (Lipinski definition) is 2. The Morgan fingerprint density at radius 2 is 1.57 bits per heavy atom. The first-order chi connectivity index (χ1) is 11.2. The number of amides is 3. The Hall–Kier alpha value is -2.82. The predicted molar refractivity (Wildman–Crippen MR) is 91.0 cm³/mol. The van der Waals surface area contributed by atoms with Crippen LogP contribution < -0.4 is 10.6 Å². The van der Waals surface area contributed by atoms with Gasteiger partial charge in [0.15, 0.2) is 0 Å². The van der Waals surface area contributed by atoms with Gasteiger partial charge in [0.25, 0.3) is 0 Å². The highest BCUT2D eigenvalue weighted by Crippen LogP contribution is 2.05. The van der Waals surface area contributed by atoms with Crippen LogP contribution in [-0.2, 0) is 11.3 Å². The molecule has 0 radical (unpaired) electrons. The molecule has 5 nitrogen and oxygen atoms in total. The molecule has 0 unspecified atom stereocenters. The van der Waals surface area contributed by atoms with E-state index in [4.69, 9.17) is 0 Å². The number of benzene rings is 2. The van der Waals surface area contributed by atoms with Crippen LogP contribution in [0.25, 0.3) is 0 Å². The van der Waals surface area contributed by atoms with E-state index in [-0.39, 0.29) is 18.5 Å². The van der Waals surface area contributed by atoms with Crippen LogP contribution in [0.2, 0.25) is 0 Å². The molecule has 0 aliphatic heterocycles. The molecular weight excluding hydrogens is 290 g/mol. The summed E-state index contributed by atoms with van der Waals surface area (Å²) in [5, 5.41) is 5.27. The summed E-state index contributed by atoms with van der Waals surface area (Å²) >= 11 is 0. The van der Waals surface area contributed by atoms with Crippen molar-refractivity contribution in [2.45, 2.75) is 13.5 Å². The first kappa shape index (κ1) is 16.5. The minimum absolute atomic E-state index is 0.0284. The van der Waals surface area contributed by atoms with Crippen LogP contribution in [0.1, 0.15) is 12.5 Å². The molecule has 0 aliphatic carbocycles. The SMILES string of the molecule is CCN(Cc1ccccc1)C(=O)CNC(=O)Nc1ccccc1. The van der Waals surface area contributed by atoms with E-state index in [0.717, 1.165) is 5.56 Å². The lowest BCUT2D eigenvalue weighted by atomic mass is 10.2. The fourth-order valence-electron chi connectivity index (χ4n) is 2.14. The van der Waals surface area contributed by atoms with Crippen molar-refractivity contribution in [2.24, 2.45) is 0 Å². The molecule has 0 bridgehead atoms. The third kappa shape index (κ3) is 5.47. The van der Waals surface area contributed by atoms with Crippen LogP contribution >= 0.6 is 0 Å². The van der Waals surface area contributed by atoms with E-state index in [1.807, 2.05) is 55.5 Å². The summed E-state index contributed by atoms with van der Waals surface area (Å²) in [7, 11) is 0. The summed E-state index contributed by atoms with van der Waals surface area (Å²) in [6.45, 7) is 3.03. The molecule has 2 aromatic rings. The monoisotopic (exact) mass is 311 g/mol. The summed E-state index contributed by atoms with van der Waals surface area (Å²) in [5.41, 5.74) is 1.76. The Labute approximate surface area is 136 Å². The van der Waals surface area contributed by atoms with Gasteiger partial charge in [-0.15, -0.1) is 0 Å². The number of hydrogen-bond acceptors (Lipinski definition) is 2. The molecule has 0 heterocycles. The van der Waals surface area contributed by atoms with Gasteiger partial charge < -0.3 is 15.5 Å². The van der Waals surface area contributed by atoms with E-state index in [2.05, 4.69) is 10.6 Å². The zero-order chi connectivity index (χ0) is 16.5. The lowest BCUT2D eigenvalue weighted by Gasteiger charge is -2.21. The summed E-state index contributed by atoms with van der Waals surface area (Å²) < 4.78 is 0. The van der Waals surface area contributed by atoms with Crippen molar-refractivity contribution in [3.63, 3.8) is 0 Å². The van der Waals surface area contributed by atoms with Crippen molar-refractivity contribution in [2.75, 3.05) is 18.4 Å². The molecule has 3 amide bonds. The van der Waals surface area contributed by atoms with Crippen LogP contribution in [0.5, 0.6) is 0 Å². The van der Waals surface area contributed by atoms with Gasteiger partial charge in [-0.2, -0.15) is 0 Å². The number of likely N-dealkylation sites (N-methyl/N-ethyl adjacent to an activating group) is 1. The molecule has 23 heavy (non-hydrogen) atoms. The Bertz CT molecular complexity index is 629. The number of urea groups is 1. The zero-order valence-electron chi connectivity index (χ0n) is 13.2. The van der Waals surface area contributed by atoms with Gasteiger partial charge in [-0.1, -0.05) is 48.5 Å². The summed E-state index contributed by atoms with van der Waals surface area (Å²) in [6.07, 6.45) is 0. The molecule has 0 fully saturated rings. The smallest absolute Gasteiger partial charge is 0.319 e. The van der Waals surface area contributed by atoms with Crippen LogP contribution in [0, 0.1) is 0 Å². The van der Waals surface area contributed by atoms with Gasteiger partial charge in [-0.25, -0.2) is 4.79 Å². The van der Waals surface area contributed by atoms with Gasteiger partial charge in [-0.05, 0) is 24.6 Å². The third-order valence-electron chi connectivity index (χ3n) is 3.38. The standard InChI is InChI=1S/C18H21N3O2/c1-2-21(14-15-9-5-3-6-10-15)17(22)13-19-18(23)20-16-11-7-4-8-12-16/h3-12H,2,13-14H2,1H3,(H2,19,20,23). The molecule has 0 aliphatic rings. The minimum Gasteiger partial charge on any atom is -0.337 e. The van der Waals surface area contributed by atoms with Gasteiger partial charge in [0.1, 0.15) is 0 Å². The number of nitrogens with zero attached hydrogens (tertiary/aromatic N) is 1. The lowest BCUT2D eigenvalue weighted by Crippen LogP contribution is -2.41. The molecular formula is C18H21N3O2. The molecule has 0 aromatic heterocycles. The molecule has 0 saturated carbocycles. The Morgan fingerprint density at radius 1 is 0.957 bits per heavy atom. The summed E-state index contributed by atoms with van der Waals surface area (Å²) in [5.74, 6) is -0.112. The van der Waals surface area contributed by atoms with E-state index >= 15 is 0 Å². The van der Waals surface area contributed by atoms with Crippen LogP contribution in [-0.4, -0.2) is 29.9 Å². The normalized spacial score (nSPS) is 9.96. The summed E-state index contributed by atoms with van der Waals surface area (Å²) in [6, 6.07) is 18.5. The second kappa shape index (κ2) is 8.58. The largest absolute Gasteiger partial charge is 0.337 e. The highest BCUT2D eigenvalue weighted by molar-refractivity contribution is 5.92. The number of rotatable bonds is 6. The van der Waals surface area contributed by atoms with Gasteiger partial charge in [0, 0.05) is 18.8 Å². The van der Waals surface area contributed by atoms with Crippen molar-refractivity contribution in [3.05, 3.63) is 66.2 Å². The first-order valence-electron chi connectivity index (χ1n) is 7.60. The number of carbonyl (C=O) groups excluding carboxylic acids is 2. The maximum absolute atomic E-state index is 12.2. The van der Waals surface area contributed by atoms with Crippen molar-refractivity contribution in [1.82, 2.24) is 10.2 Å². The van der Waals surface area contributed by atoms with E-state index in [1.165, 1.54) is 0 Å². The van der Waals surface area contributed by atoms with Crippen molar-refractivity contribution in [3.8, 4) is 0 Å².